The standard InChI is InChI=1S/C12H11N3O2/c1-17-12-8-10(2-3-11(12)16)15-14-9-4-6-13-7-5-9/h2-8,16H,1H3. The fourth-order valence-corrected chi connectivity index (χ4v) is 1.25. The molecule has 1 aromatic heterocycles. The summed E-state index contributed by atoms with van der Waals surface area (Å²) >= 11 is 0. The quantitative estimate of drug-likeness (QED) is 0.821. The van der Waals surface area contributed by atoms with Gasteiger partial charge in [0.25, 0.3) is 0 Å². The maximum atomic E-state index is 9.41. The van der Waals surface area contributed by atoms with Crippen LogP contribution in [0, 0.1) is 0 Å². The molecule has 86 valence electrons. The number of pyridine rings is 1. The normalized spacial score (nSPS) is 10.6. The minimum absolute atomic E-state index is 0.0790. The number of phenols is 1. The smallest absolute Gasteiger partial charge is 0.162 e. The van der Waals surface area contributed by atoms with E-state index in [9.17, 15) is 5.11 Å². The van der Waals surface area contributed by atoms with Gasteiger partial charge in [-0.1, -0.05) is 0 Å². The lowest BCUT2D eigenvalue weighted by Crippen LogP contribution is -1.82. The third-order valence-corrected chi connectivity index (χ3v) is 2.11. The Morgan fingerprint density at radius 1 is 1.06 bits per heavy atom. The fourth-order valence-electron chi connectivity index (χ4n) is 1.25. The van der Waals surface area contributed by atoms with Crippen LogP contribution in [0.15, 0.2) is 53.0 Å². The van der Waals surface area contributed by atoms with Crippen molar-refractivity contribution in [2.45, 2.75) is 0 Å². The Bertz CT molecular complexity index is 527. The van der Waals surface area contributed by atoms with E-state index in [2.05, 4.69) is 15.2 Å². The fraction of sp³-hybridized carbons (Fsp3) is 0.0833. The van der Waals surface area contributed by atoms with Gasteiger partial charge < -0.3 is 9.84 Å². The highest BCUT2D eigenvalue weighted by Crippen LogP contribution is 2.30. The average Bonchev–Trinajstić information content (AvgIpc) is 2.39. The molecule has 2 aromatic rings. The number of nitrogens with zero attached hydrogens (tertiary/aromatic N) is 3. The monoisotopic (exact) mass is 229 g/mol. The summed E-state index contributed by atoms with van der Waals surface area (Å²) in [6, 6.07) is 8.28. The molecule has 0 radical (unpaired) electrons. The largest absolute Gasteiger partial charge is 0.504 e. The molecule has 0 saturated carbocycles. The van der Waals surface area contributed by atoms with Gasteiger partial charge in [-0.05, 0) is 24.3 Å². The van der Waals surface area contributed by atoms with Gasteiger partial charge in [0.2, 0.25) is 0 Å². The molecule has 5 nitrogen and oxygen atoms in total. The minimum Gasteiger partial charge on any atom is -0.504 e. The highest BCUT2D eigenvalue weighted by Gasteiger charge is 2.01. The van der Waals surface area contributed by atoms with Crippen molar-refractivity contribution in [3.63, 3.8) is 0 Å². The third-order valence-electron chi connectivity index (χ3n) is 2.11. The third kappa shape index (κ3) is 2.78. The van der Waals surface area contributed by atoms with Crippen LogP contribution in [0.3, 0.4) is 0 Å². The number of azo groups is 1. The van der Waals surface area contributed by atoms with Crippen LogP contribution in [0.2, 0.25) is 0 Å². The van der Waals surface area contributed by atoms with E-state index in [1.54, 1.807) is 36.7 Å². The van der Waals surface area contributed by atoms with Crippen LogP contribution < -0.4 is 4.74 Å². The maximum Gasteiger partial charge on any atom is 0.162 e. The van der Waals surface area contributed by atoms with E-state index in [-0.39, 0.29) is 5.75 Å². The first-order valence-corrected chi connectivity index (χ1v) is 4.98. The Morgan fingerprint density at radius 2 is 1.76 bits per heavy atom. The Balaban J connectivity index is 2.22. The lowest BCUT2D eigenvalue weighted by molar-refractivity contribution is 0.373. The van der Waals surface area contributed by atoms with Gasteiger partial charge in [-0.3, -0.25) is 4.98 Å². The molecular formula is C12H11N3O2. The zero-order valence-corrected chi connectivity index (χ0v) is 9.24. The van der Waals surface area contributed by atoms with Gasteiger partial charge in [-0.2, -0.15) is 10.2 Å². The zero-order valence-electron chi connectivity index (χ0n) is 9.24. The summed E-state index contributed by atoms with van der Waals surface area (Å²) < 4.78 is 4.98. The van der Waals surface area contributed by atoms with Gasteiger partial charge in [0.15, 0.2) is 11.5 Å². The Morgan fingerprint density at radius 3 is 2.47 bits per heavy atom. The number of benzene rings is 1. The number of phenolic OH excluding ortho intramolecular Hbond substituents is 1. The second kappa shape index (κ2) is 5.07. The van der Waals surface area contributed by atoms with Gasteiger partial charge in [-0.15, -0.1) is 0 Å². The number of aromatic nitrogens is 1. The van der Waals surface area contributed by atoms with Crippen LogP contribution in [0.4, 0.5) is 11.4 Å². The van der Waals surface area contributed by atoms with E-state index in [4.69, 9.17) is 4.74 Å². The molecule has 0 aliphatic rings. The molecule has 0 fully saturated rings. The lowest BCUT2D eigenvalue weighted by atomic mass is 10.3. The molecule has 0 bridgehead atoms. The predicted molar refractivity (Wildman–Crippen MR) is 63.1 cm³/mol. The zero-order chi connectivity index (χ0) is 12.1. The molecule has 17 heavy (non-hydrogen) atoms. The molecule has 1 aromatic carbocycles. The van der Waals surface area contributed by atoms with Crippen molar-refractivity contribution >= 4 is 11.4 Å². The van der Waals surface area contributed by atoms with Gasteiger partial charge in [0.1, 0.15) is 0 Å². The average molecular weight is 229 g/mol. The topological polar surface area (TPSA) is 67.1 Å². The molecule has 0 amide bonds. The first kappa shape index (κ1) is 11.1. The number of methoxy groups -OCH3 is 1. The maximum absolute atomic E-state index is 9.41. The molecule has 0 spiro atoms. The van der Waals surface area contributed by atoms with Crippen molar-refractivity contribution in [2.75, 3.05) is 7.11 Å². The van der Waals surface area contributed by atoms with Crippen LogP contribution in [0.1, 0.15) is 0 Å². The van der Waals surface area contributed by atoms with Gasteiger partial charge in [-0.25, -0.2) is 0 Å². The van der Waals surface area contributed by atoms with Gasteiger partial charge in [0, 0.05) is 18.5 Å². The molecule has 5 heteroatoms. The number of hydrogen-bond donors (Lipinski definition) is 1. The Kier molecular flexibility index (Phi) is 3.30. The van der Waals surface area contributed by atoms with Crippen LogP contribution in [0.25, 0.3) is 0 Å². The predicted octanol–water partition coefficient (Wildman–Crippen LogP) is 3.21. The summed E-state index contributed by atoms with van der Waals surface area (Å²) in [6.07, 6.45) is 3.29. The van der Waals surface area contributed by atoms with E-state index in [1.807, 2.05) is 0 Å². The van der Waals surface area contributed by atoms with Crippen molar-refractivity contribution < 1.29 is 9.84 Å². The summed E-state index contributed by atoms with van der Waals surface area (Å²) in [5, 5.41) is 17.5. The summed E-state index contributed by atoms with van der Waals surface area (Å²) in [5.41, 5.74) is 1.32. The van der Waals surface area contributed by atoms with E-state index in [0.29, 0.717) is 17.1 Å². The Labute approximate surface area is 98.4 Å². The van der Waals surface area contributed by atoms with Crippen LogP contribution in [0.5, 0.6) is 11.5 Å². The highest BCUT2D eigenvalue weighted by molar-refractivity contribution is 5.50. The molecule has 1 N–H and O–H groups in total. The minimum atomic E-state index is 0.0790. The van der Waals surface area contributed by atoms with Crippen molar-refractivity contribution in [3.8, 4) is 11.5 Å². The molecule has 0 unspecified atom stereocenters. The van der Waals surface area contributed by atoms with Gasteiger partial charge in [0.05, 0.1) is 18.5 Å². The summed E-state index contributed by atoms with van der Waals surface area (Å²) in [4.78, 5) is 3.88. The number of aromatic hydroxyl groups is 1. The lowest BCUT2D eigenvalue weighted by Gasteiger charge is -2.02. The molecular weight excluding hydrogens is 218 g/mol. The van der Waals surface area contributed by atoms with Crippen LogP contribution in [-0.2, 0) is 0 Å². The molecule has 0 aliphatic heterocycles. The molecule has 0 atom stereocenters. The molecule has 1 heterocycles. The van der Waals surface area contributed by atoms with E-state index < -0.39 is 0 Å². The second-order valence-electron chi connectivity index (χ2n) is 3.26. The number of hydrogen-bond acceptors (Lipinski definition) is 5. The second-order valence-corrected chi connectivity index (χ2v) is 3.26. The molecule has 0 saturated heterocycles. The molecule has 2 rings (SSSR count). The van der Waals surface area contributed by atoms with Crippen molar-refractivity contribution in [1.82, 2.24) is 4.98 Å². The van der Waals surface area contributed by atoms with Crippen molar-refractivity contribution in [2.24, 2.45) is 10.2 Å². The van der Waals surface area contributed by atoms with Crippen LogP contribution >= 0.6 is 0 Å². The summed E-state index contributed by atoms with van der Waals surface area (Å²) in [6.45, 7) is 0. The van der Waals surface area contributed by atoms with E-state index >= 15 is 0 Å². The van der Waals surface area contributed by atoms with Crippen molar-refractivity contribution in [1.29, 1.82) is 0 Å². The van der Waals surface area contributed by atoms with Crippen molar-refractivity contribution in [3.05, 3.63) is 42.7 Å². The number of ether oxygens (including phenoxy) is 1. The molecule has 0 aliphatic carbocycles. The highest BCUT2D eigenvalue weighted by atomic mass is 16.5. The Hall–Kier alpha value is -2.43. The summed E-state index contributed by atoms with van der Waals surface area (Å²) in [7, 11) is 1.48. The first-order chi connectivity index (χ1) is 8.29. The van der Waals surface area contributed by atoms with Crippen LogP contribution in [-0.4, -0.2) is 17.2 Å². The van der Waals surface area contributed by atoms with E-state index in [1.165, 1.54) is 13.2 Å². The van der Waals surface area contributed by atoms with Gasteiger partial charge >= 0.3 is 0 Å². The summed E-state index contributed by atoms with van der Waals surface area (Å²) in [5.74, 6) is 0.450. The SMILES string of the molecule is COc1cc(N=Nc2ccncc2)ccc1O. The number of rotatable bonds is 3. The first-order valence-electron chi connectivity index (χ1n) is 4.98. The van der Waals surface area contributed by atoms with E-state index in [0.717, 1.165) is 0 Å².